The second kappa shape index (κ2) is 14.8. The molecule has 3 amide bonds. The zero-order valence-corrected chi connectivity index (χ0v) is 29.7. The maximum Gasteiger partial charge on any atom is 0.497 e. The molecule has 0 bridgehead atoms. The number of carbonyl (C=O) groups is 4. The van der Waals surface area contributed by atoms with Crippen molar-refractivity contribution in [1.82, 2.24) is 16.0 Å². The van der Waals surface area contributed by atoms with Crippen LogP contribution in [0.1, 0.15) is 95.4 Å². The lowest BCUT2D eigenvalue weighted by Crippen LogP contribution is -2.48. The zero-order valence-electron chi connectivity index (χ0n) is 29.7. The standard InChI is InChI=1S/C34H45B2F2N3O9/c1-31(2)32(3,4)48-35(47-31)22-14-12-20(17-24(22)37)28(44)39-16-10-9-11-26(30(46)40-19-27(42)43)41-29(45)21-13-15-23(25(38)18-21)36-49-33(5,6)34(7,8)50-36/h12-15,17-18,26H,9-11,16,19H2,1-8H3,(H,39,44)(H,40,46)(H,41,45)(H,42,43)/t26-/m0/s1. The number of carboxylic acid groups (broad SMARTS) is 1. The molecule has 4 rings (SSSR count). The molecule has 2 aromatic rings. The van der Waals surface area contributed by atoms with Crippen LogP contribution < -0.4 is 26.9 Å². The van der Waals surface area contributed by atoms with E-state index in [0.29, 0.717) is 12.8 Å². The first-order valence-electron chi connectivity index (χ1n) is 16.5. The molecule has 0 unspecified atom stereocenters. The van der Waals surface area contributed by atoms with Crippen LogP contribution in [0, 0.1) is 11.6 Å². The molecular formula is C34H45B2F2N3O9. The third-order valence-corrected chi connectivity index (χ3v) is 9.78. The molecule has 0 aromatic heterocycles. The minimum atomic E-state index is -1.27. The molecule has 2 saturated heterocycles. The van der Waals surface area contributed by atoms with E-state index in [1.165, 1.54) is 24.3 Å². The molecule has 4 N–H and O–H groups in total. The molecule has 270 valence electrons. The van der Waals surface area contributed by atoms with Crippen molar-refractivity contribution in [3.05, 3.63) is 59.2 Å². The monoisotopic (exact) mass is 699 g/mol. The predicted molar refractivity (Wildman–Crippen MR) is 182 cm³/mol. The van der Waals surface area contributed by atoms with E-state index >= 15 is 8.78 Å². The third-order valence-electron chi connectivity index (χ3n) is 9.78. The van der Waals surface area contributed by atoms with E-state index in [9.17, 15) is 19.2 Å². The summed E-state index contributed by atoms with van der Waals surface area (Å²) in [6.45, 7) is 14.3. The van der Waals surface area contributed by atoms with Gasteiger partial charge in [0.05, 0.1) is 22.4 Å². The maximum absolute atomic E-state index is 15.2. The number of carbonyl (C=O) groups excluding carboxylic acids is 3. The first kappa shape index (κ1) is 38.9. The van der Waals surface area contributed by atoms with E-state index in [-0.39, 0.29) is 35.0 Å². The Labute approximate surface area is 291 Å². The van der Waals surface area contributed by atoms with Crippen molar-refractivity contribution in [2.24, 2.45) is 0 Å². The van der Waals surface area contributed by atoms with Crippen LogP contribution in [0.2, 0.25) is 0 Å². The van der Waals surface area contributed by atoms with Gasteiger partial charge in [-0.05, 0) is 98.9 Å². The summed E-state index contributed by atoms with van der Waals surface area (Å²) in [6, 6.07) is 6.66. The Morgan fingerprint density at radius 2 is 1.14 bits per heavy atom. The van der Waals surface area contributed by atoms with E-state index in [2.05, 4.69) is 16.0 Å². The highest BCUT2D eigenvalue weighted by atomic mass is 19.1. The molecule has 50 heavy (non-hydrogen) atoms. The van der Waals surface area contributed by atoms with Gasteiger partial charge in [-0.15, -0.1) is 0 Å². The number of unbranched alkanes of at least 4 members (excludes halogenated alkanes) is 1. The predicted octanol–water partition coefficient (Wildman–Crippen LogP) is 2.46. The third kappa shape index (κ3) is 8.71. The lowest BCUT2D eigenvalue weighted by molar-refractivity contribution is -0.138. The van der Waals surface area contributed by atoms with Gasteiger partial charge < -0.3 is 39.7 Å². The van der Waals surface area contributed by atoms with Crippen LogP contribution >= 0.6 is 0 Å². The first-order valence-corrected chi connectivity index (χ1v) is 16.5. The van der Waals surface area contributed by atoms with E-state index in [4.69, 9.17) is 23.7 Å². The average molecular weight is 699 g/mol. The van der Waals surface area contributed by atoms with Crippen molar-refractivity contribution < 1.29 is 51.7 Å². The van der Waals surface area contributed by atoms with Crippen LogP contribution in [0.5, 0.6) is 0 Å². The molecule has 2 heterocycles. The molecule has 0 radical (unpaired) electrons. The summed E-state index contributed by atoms with van der Waals surface area (Å²) >= 11 is 0. The van der Waals surface area contributed by atoms with E-state index in [0.717, 1.165) is 12.1 Å². The zero-order chi connectivity index (χ0) is 37.2. The number of aliphatic carboxylic acids is 1. The SMILES string of the molecule is CC1(C)OB(c2ccc(C(=O)NCCCC[C@H](NC(=O)c3ccc(B4OC(C)(C)C(C)(C)O4)c(F)c3)C(=O)NCC(=O)O)cc2F)OC1(C)C. The van der Waals surface area contributed by atoms with Gasteiger partial charge in [0.2, 0.25) is 5.91 Å². The fourth-order valence-corrected chi connectivity index (χ4v) is 5.23. The van der Waals surface area contributed by atoms with Crippen molar-refractivity contribution in [2.45, 2.75) is 103 Å². The van der Waals surface area contributed by atoms with Gasteiger partial charge in [0, 0.05) is 28.6 Å². The highest BCUT2D eigenvalue weighted by Crippen LogP contribution is 2.37. The van der Waals surface area contributed by atoms with Gasteiger partial charge in [-0.3, -0.25) is 19.2 Å². The number of hydrogen-bond acceptors (Lipinski definition) is 8. The minimum absolute atomic E-state index is 0.0669. The molecule has 2 aromatic carbocycles. The smallest absolute Gasteiger partial charge is 0.480 e. The van der Waals surface area contributed by atoms with Gasteiger partial charge >= 0.3 is 20.2 Å². The summed E-state index contributed by atoms with van der Waals surface area (Å²) in [4.78, 5) is 49.6. The second-order valence-corrected chi connectivity index (χ2v) is 14.5. The molecule has 16 heteroatoms. The molecule has 2 aliphatic heterocycles. The lowest BCUT2D eigenvalue weighted by Gasteiger charge is -2.32. The first-order chi connectivity index (χ1) is 23.1. The molecule has 0 spiro atoms. The van der Waals surface area contributed by atoms with Crippen LogP contribution in [-0.2, 0) is 28.2 Å². The number of hydrogen-bond donors (Lipinski definition) is 4. The fourth-order valence-electron chi connectivity index (χ4n) is 5.23. The number of halogens is 2. The summed E-state index contributed by atoms with van der Waals surface area (Å²) in [5, 5.41) is 16.5. The highest BCUT2D eigenvalue weighted by molar-refractivity contribution is 6.62. The van der Waals surface area contributed by atoms with Crippen molar-refractivity contribution in [1.29, 1.82) is 0 Å². The number of amides is 3. The quantitative estimate of drug-likeness (QED) is 0.182. The number of rotatable bonds is 13. The van der Waals surface area contributed by atoms with Gasteiger partial charge in [0.15, 0.2) is 0 Å². The fraction of sp³-hybridized carbons (Fsp3) is 0.529. The highest BCUT2D eigenvalue weighted by Gasteiger charge is 2.53. The van der Waals surface area contributed by atoms with Crippen LogP contribution in [-0.4, -0.2) is 84.6 Å². The molecule has 1 atom stereocenters. The number of benzene rings is 2. The summed E-state index contributed by atoms with van der Waals surface area (Å²) in [5.41, 5.74) is -2.38. The van der Waals surface area contributed by atoms with E-state index < -0.39 is 84.6 Å². The molecular weight excluding hydrogens is 654 g/mol. The second-order valence-electron chi connectivity index (χ2n) is 14.5. The van der Waals surface area contributed by atoms with E-state index in [1.807, 2.05) is 55.4 Å². The lowest BCUT2D eigenvalue weighted by atomic mass is 9.78. The van der Waals surface area contributed by atoms with Crippen LogP contribution in [0.25, 0.3) is 0 Å². The van der Waals surface area contributed by atoms with Crippen molar-refractivity contribution in [3.63, 3.8) is 0 Å². The van der Waals surface area contributed by atoms with Crippen molar-refractivity contribution in [2.75, 3.05) is 13.1 Å². The summed E-state index contributed by atoms with van der Waals surface area (Å²) in [7, 11) is -1.90. The van der Waals surface area contributed by atoms with E-state index in [1.54, 1.807) is 0 Å². The van der Waals surface area contributed by atoms with Crippen molar-refractivity contribution >= 4 is 48.9 Å². The molecule has 12 nitrogen and oxygen atoms in total. The average Bonchev–Trinajstić information content (AvgIpc) is 3.37. The largest absolute Gasteiger partial charge is 0.497 e. The van der Waals surface area contributed by atoms with Crippen LogP contribution in [0.4, 0.5) is 8.78 Å². The van der Waals surface area contributed by atoms with Gasteiger partial charge in [-0.1, -0.05) is 12.1 Å². The Morgan fingerprint density at radius 3 is 1.56 bits per heavy atom. The Kier molecular flexibility index (Phi) is 11.5. The normalized spacial score (nSPS) is 19.2. The van der Waals surface area contributed by atoms with Crippen molar-refractivity contribution in [3.8, 4) is 0 Å². The van der Waals surface area contributed by atoms with Gasteiger partial charge in [-0.2, -0.15) is 0 Å². The molecule has 0 aliphatic carbocycles. The summed E-state index contributed by atoms with van der Waals surface area (Å²) in [5.74, 6) is -4.66. The minimum Gasteiger partial charge on any atom is -0.480 e. The Bertz CT molecular complexity index is 1600. The molecule has 2 aliphatic rings. The molecule has 0 saturated carbocycles. The van der Waals surface area contributed by atoms with Gasteiger partial charge in [-0.25, -0.2) is 8.78 Å². The Hall–Kier alpha value is -3.85. The maximum atomic E-state index is 15.2. The van der Waals surface area contributed by atoms with Crippen LogP contribution in [0.3, 0.4) is 0 Å². The van der Waals surface area contributed by atoms with Gasteiger partial charge in [0.25, 0.3) is 11.8 Å². The van der Waals surface area contributed by atoms with Gasteiger partial charge in [0.1, 0.15) is 24.2 Å². The number of carboxylic acids is 1. The Morgan fingerprint density at radius 1 is 0.700 bits per heavy atom. The summed E-state index contributed by atoms with van der Waals surface area (Å²) < 4.78 is 53.8. The topological polar surface area (TPSA) is 162 Å². The van der Waals surface area contributed by atoms with Crippen LogP contribution in [0.15, 0.2) is 36.4 Å². The Balaban J connectivity index is 1.32. The summed E-state index contributed by atoms with van der Waals surface area (Å²) in [6.07, 6.45) is 0.783. The number of nitrogens with one attached hydrogen (secondary N) is 3. The molecule has 2 fully saturated rings.